The minimum atomic E-state index is -4.32. The summed E-state index contributed by atoms with van der Waals surface area (Å²) in [6, 6.07) is 7.29. The van der Waals surface area contributed by atoms with Gasteiger partial charge in [0.05, 0.1) is 0 Å². The Morgan fingerprint density at radius 2 is 1.95 bits per heavy atom. The lowest BCUT2D eigenvalue weighted by Crippen LogP contribution is -1.98. The van der Waals surface area contributed by atoms with E-state index in [0.717, 1.165) is 0 Å². The average Bonchev–Trinajstić information content (AvgIpc) is 2.75. The summed E-state index contributed by atoms with van der Waals surface area (Å²) >= 11 is 3.01. The Balaban J connectivity index is 2.31. The van der Waals surface area contributed by atoms with Crippen LogP contribution < -0.4 is 0 Å². The number of furan rings is 1. The molecule has 1 aromatic heterocycles. The molecule has 0 N–H and O–H groups in total. The molecular weight excluding hydrogens is 345 g/mol. The number of hydrogen-bond donors (Lipinski definition) is 0. The van der Waals surface area contributed by atoms with Gasteiger partial charge in [0, 0.05) is 14.9 Å². The van der Waals surface area contributed by atoms with Gasteiger partial charge in [-0.25, -0.2) is 0 Å². The molecule has 2 aromatic rings. The molecular formula is C12H6BrF3O2S. The van der Waals surface area contributed by atoms with Crippen molar-refractivity contribution in [2.75, 3.05) is 0 Å². The molecule has 0 spiro atoms. The highest BCUT2D eigenvalue weighted by Crippen LogP contribution is 2.40. The van der Waals surface area contributed by atoms with Crippen molar-refractivity contribution >= 4 is 34.0 Å². The Bertz CT molecular complexity index is 607. The van der Waals surface area contributed by atoms with E-state index in [2.05, 4.69) is 15.9 Å². The van der Waals surface area contributed by atoms with Crippen molar-refractivity contribution in [1.29, 1.82) is 0 Å². The Morgan fingerprint density at radius 3 is 2.47 bits per heavy atom. The van der Waals surface area contributed by atoms with Crippen LogP contribution in [0.3, 0.4) is 0 Å². The van der Waals surface area contributed by atoms with Crippen molar-refractivity contribution in [1.82, 2.24) is 0 Å². The zero-order chi connectivity index (χ0) is 14.0. The van der Waals surface area contributed by atoms with Crippen molar-refractivity contribution in [2.45, 2.75) is 10.4 Å². The van der Waals surface area contributed by atoms with Gasteiger partial charge in [0.2, 0.25) is 0 Å². The lowest BCUT2D eigenvalue weighted by atomic mass is 10.2. The zero-order valence-corrected chi connectivity index (χ0v) is 11.6. The molecule has 0 saturated carbocycles. The monoisotopic (exact) mass is 350 g/mol. The minimum Gasteiger partial charge on any atom is -0.453 e. The first-order valence-electron chi connectivity index (χ1n) is 5.00. The molecule has 0 saturated heterocycles. The van der Waals surface area contributed by atoms with Crippen molar-refractivity contribution < 1.29 is 22.4 Å². The van der Waals surface area contributed by atoms with E-state index in [1.54, 1.807) is 6.07 Å². The predicted octanol–water partition coefficient (Wildman–Crippen LogP) is 5.13. The van der Waals surface area contributed by atoms with Crippen LogP contribution in [-0.2, 0) is 0 Å². The maximum absolute atomic E-state index is 12.2. The van der Waals surface area contributed by atoms with Gasteiger partial charge in [-0.05, 0) is 58.0 Å². The molecule has 0 atom stereocenters. The van der Waals surface area contributed by atoms with Gasteiger partial charge in [0.1, 0.15) is 5.76 Å². The van der Waals surface area contributed by atoms with Gasteiger partial charge < -0.3 is 4.42 Å². The fourth-order valence-electron chi connectivity index (χ4n) is 1.45. The van der Waals surface area contributed by atoms with Gasteiger partial charge in [-0.15, -0.1) is 0 Å². The fraction of sp³-hybridized carbons (Fsp3) is 0.0833. The van der Waals surface area contributed by atoms with E-state index >= 15 is 0 Å². The van der Waals surface area contributed by atoms with Crippen molar-refractivity contribution in [3.63, 3.8) is 0 Å². The smallest absolute Gasteiger partial charge is 0.446 e. The number of benzene rings is 1. The third-order valence-electron chi connectivity index (χ3n) is 2.18. The van der Waals surface area contributed by atoms with Crippen LogP contribution in [-0.4, -0.2) is 11.8 Å². The summed E-state index contributed by atoms with van der Waals surface area (Å²) in [5.74, 6) is 0.577. The third-order valence-corrected chi connectivity index (χ3v) is 3.56. The number of hydrogen-bond acceptors (Lipinski definition) is 3. The number of halogens is 4. The van der Waals surface area contributed by atoms with Gasteiger partial charge in [-0.1, -0.05) is 0 Å². The second-order valence-electron chi connectivity index (χ2n) is 3.51. The second-order valence-corrected chi connectivity index (χ2v) is 5.50. The highest BCUT2D eigenvalue weighted by atomic mass is 79.9. The van der Waals surface area contributed by atoms with Crippen LogP contribution in [0, 0.1) is 0 Å². The van der Waals surface area contributed by atoms with Crippen LogP contribution in [0.5, 0.6) is 0 Å². The van der Waals surface area contributed by atoms with E-state index in [1.165, 1.54) is 24.3 Å². The number of carbonyl (C=O) groups is 1. The Kier molecular flexibility index (Phi) is 4.05. The highest BCUT2D eigenvalue weighted by molar-refractivity contribution is 9.10. The second kappa shape index (κ2) is 5.42. The number of alkyl halides is 3. The maximum Gasteiger partial charge on any atom is 0.446 e. The quantitative estimate of drug-likeness (QED) is 0.567. The summed E-state index contributed by atoms with van der Waals surface area (Å²) in [5, 5.41) is 0. The van der Waals surface area contributed by atoms with Gasteiger partial charge >= 0.3 is 5.51 Å². The molecule has 1 aromatic carbocycles. The molecule has 19 heavy (non-hydrogen) atoms. The molecule has 100 valence electrons. The van der Waals surface area contributed by atoms with Crippen LogP contribution in [0.1, 0.15) is 10.6 Å². The van der Waals surface area contributed by atoms with E-state index in [-0.39, 0.29) is 22.4 Å². The molecule has 0 radical (unpaired) electrons. The standard InChI is InChI=1S/C12H6BrF3O2S/c13-10-5-8(19-12(14,15)16)2-3-9(10)11-4-1-7(6-17)18-11/h1-6H. The van der Waals surface area contributed by atoms with E-state index in [4.69, 9.17) is 4.42 Å². The van der Waals surface area contributed by atoms with Crippen molar-refractivity contribution in [3.8, 4) is 11.3 Å². The topological polar surface area (TPSA) is 30.2 Å². The first kappa shape index (κ1) is 14.2. The Morgan fingerprint density at radius 1 is 1.21 bits per heavy atom. The molecule has 0 bridgehead atoms. The molecule has 7 heteroatoms. The Hall–Kier alpha value is -1.21. The Labute approximate surface area is 119 Å². The van der Waals surface area contributed by atoms with Crippen LogP contribution in [0.2, 0.25) is 0 Å². The highest BCUT2D eigenvalue weighted by Gasteiger charge is 2.29. The third kappa shape index (κ3) is 3.63. The number of thioether (sulfide) groups is 1. The predicted molar refractivity (Wildman–Crippen MR) is 69.1 cm³/mol. The SMILES string of the molecule is O=Cc1ccc(-c2ccc(SC(F)(F)F)cc2Br)o1. The van der Waals surface area contributed by atoms with Crippen LogP contribution in [0.15, 0.2) is 44.1 Å². The summed E-state index contributed by atoms with van der Waals surface area (Å²) in [6.45, 7) is 0. The first-order chi connectivity index (χ1) is 8.89. The van der Waals surface area contributed by atoms with Crippen LogP contribution in [0.25, 0.3) is 11.3 Å². The summed E-state index contributed by atoms with van der Waals surface area (Å²) < 4.78 is 42.4. The number of rotatable bonds is 3. The molecule has 0 fully saturated rings. The number of carbonyl (C=O) groups excluding carboxylic acids is 1. The molecule has 1 heterocycles. The zero-order valence-electron chi connectivity index (χ0n) is 9.20. The fourth-order valence-corrected chi connectivity index (χ4v) is 2.76. The number of aldehydes is 1. The molecule has 0 unspecified atom stereocenters. The van der Waals surface area contributed by atoms with Gasteiger partial charge in [-0.3, -0.25) is 4.79 Å². The van der Waals surface area contributed by atoms with E-state index in [0.29, 0.717) is 22.1 Å². The summed E-state index contributed by atoms with van der Waals surface area (Å²) in [4.78, 5) is 10.6. The summed E-state index contributed by atoms with van der Waals surface area (Å²) in [7, 11) is 0. The lowest BCUT2D eigenvalue weighted by molar-refractivity contribution is -0.0328. The average molecular weight is 351 g/mol. The van der Waals surface area contributed by atoms with E-state index in [9.17, 15) is 18.0 Å². The van der Waals surface area contributed by atoms with Gasteiger partial charge in [-0.2, -0.15) is 13.2 Å². The normalized spacial score (nSPS) is 11.6. The maximum atomic E-state index is 12.2. The molecule has 0 amide bonds. The van der Waals surface area contributed by atoms with Crippen LogP contribution in [0.4, 0.5) is 13.2 Å². The first-order valence-corrected chi connectivity index (χ1v) is 6.61. The van der Waals surface area contributed by atoms with Crippen molar-refractivity contribution in [3.05, 3.63) is 40.6 Å². The van der Waals surface area contributed by atoms with Crippen molar-refractivity contribution in [2.24, 2.45) is 0 Å². The lowest BCUT2D eigenvalue weighted by Gasteiger charge is -2.07. The van der Waals surface area contributed by atoms with E-state index in [1.807, 2.05) is 0 Å². The molecule has 0 aliphatic heterocycles. The summed E-state index contributed by atoms with van der Waals surface area (Å²) in [6.07, 6.45) is 0.561. The largest absolute Gasteiger partial charge is 0.453 e. The molecule has 0 aliphatic carbocycles. The summed E-state index contributed by atoms with van der Waals surface area (Å²) in [5.41, 5.74) is -3.74. The van der Waals surface area contributed by atoms with Crippen LogP contribution >= 0.6 is 27.7 Å². The molecule has 2 rings (SSSR count). The van der Waals surface area contributed by atoms with Gasteiger partial charge in [0.25, 0.3) is 0 Å². The van der Waals surface area contributed by atoms with Gasteiger partial charge in [0.15, 0.2) is 12.0 Å². The van der Waals surface area contributed by atoms with E-state index < -0.39 is 5.51 Å². The molecule has 0 aliphatic rings. The minimum absolute atomic E-state index is 0.0743. The molecule has 2 nitrogen and oxygen atoms in total.